The van der Waals surface area contributed by atoms with E-state index in [1.165, 1.54) is 17.0 Å². The molecule has 0 aliphatic heterocycles. The minimum absolute atomic E-state index is 0.787. The lowest BCUT2D eigenvalue weighted by Crippen LogP contribution is -2.12. The summed E-state index contributed by atoms with van der Waals surface area (Å²) in [5.74, 6) is 0. The molecule has 2 aromatic rings. The number of aromatic nitrogens is 4. The molecule has 0 spiro atoms. The quantitative estimate of drug-likeness (QED) is 0.871. The van der Waals surface area contributed by atoms with Crippen molar-refractivity contribution in [3.05, 3.63) is 34.4 Å². The van der Waals surface area contributed by atoms with Gasteiger partial charge < -0.3 is 5.32 Å². The van der Waals surface area contributed by atoms with E-state index >= 15 is 0 Å². The number of nitrogens with one attached hydrogen (secondary N) is 1. The SMILES string of the molecule is CCc1cc(Cn2nc(C)c(CCNC)c2C)n(C)n1. The summed E-state index contributed by atoms with van der Waals surface area (Å²) in [5.41, 5.74) is 6.09. The first-order chi connectivity index (χ1) is 9.56. The summed E-state index contributed by atoms with van der Waals surface area (Å²) in [6.45, 7) is 8.15. The molecular formula is C15H25N5. The van der Waals surface area contributed by atoms with Crippen molar-refractivity contribution < 1.29 is 0 Å². The Balaban J connectivity index is 2.23. The molecule has 0 bridgehead atoms. The number of rotatable bonds is 6. The van der Waals surface area contributed by atoms with E-state index in [0.29, 0.717) is 0 Å². The van der Waals surface area contributed by atoms with E-state index in [0.717, 1.165) is 37.3 Å². The Morgan fingerprint density at radius 1 is 1.25 bits per heavy atom. The Bertz CT molecular complexity index is 579. The largest absolute Gasteiger partial charge is 0.319 e. The summed E-state index contributed by atoms with van der Waals surface area (Å²) in [4.78, 5) is 0. The molecule has 0 aliphatic carbocycles. The highest BCUT2D eigenvalue weighted by Crippen LogP contribution is 2.15. The van der Waals surface area contributed by atoms with Crippen LogP contribution in [0, 0.1) is 13.8 Å². The fourth-order valence-corrected chi connectivity index (χ4v) is 2.55. The lowest BCUT2D eigenvalue weighted by Gasteiger charge is -2.06. The molecule has 0 radical (unpaired) electrons. The van der Waals surface area contributed by atoms with Crippen molar-refractivity contribution in [2.45, 2.75) is 40.2 Å². The third-order valence-corrected chi connectivity index (χ3v) is 3.86. The molecule has 0 saturated carbocycles. The van der Waals surface area contributed by atoms with Crippen molar-refractivity contribution in [1.82, 2.24) is 24.9 Å². The van der Waals surface area contributed by atoms with Crippen molar-refractivity contribution in [3.8, 4) is 0 Å². The maximum absolute atomic E-state index is 4.68. The molecule has 5 heteroatoms. The normalized spacial score (nSPS) is 11.2. The molecule has 0 unspecified atom stereocenters. The Labute approximate surface area is 121 Å². The van der Waals surface area contributed by atoms with Crippen LogP contribution in [0.25, 0.3) is 0 Å². The molecule has 110 valence electrons. The molecule has 1 N–H and O–H groups in total. The third kappa shape index (κ3) is 2.93. The maximum Gasteiger partial charge on any atom is 0.0831 e. The van der Waals surface area contributed by atoms with Crippen LogP contribution in [0.3, 0.4) is 0 Å². The Kier molecular flexibility index (Phi) is 4.60. The average Bonchev–Trinajstić information content (AvgIpc) is 2.90. The zero-order valence-corrected chi connectivity index (χ0v) is 13.2. The second-order valence-corrected chi connectivity index (χ2v) is 5.26. The van der Waals surface area contributed by atoms with Gasteiger partial charge >= 0.3 is 0 Å². The first-order valence-electron chi connectivity index (χ1n) is 7.26. The lowest BCUT2D eigenvalue weighted by molar-refractivity contribution is 0.602. The van der Waals surface area contributed by atoms with Crippen LogP contribution in [-0.4, -0.2) is 33.2 Å². The number of likely N-dealkylation sites (N-methyl/N-ethyl adjacent to an activating group) is 1. The van der Waals surface area contributed by atoms with Crippen molar-refractivity contribution in [2.75, 3.05) is 13.6 Å². The second-order valence-electron chi connectivity index (χ2n) is 5.26. The van der Waals surface area contributed by atoms with Crippen LogP contribution in [0.2, 0.25) is 0 Å². The zero-order chi connectivity index (χ0) is 14.7. The standard InChI is InChI=1S/C15H25N5/c1-6-13-9-14(19(5)18-13)10-20-12(3)15(7-8-16-4)11(2)17-20/h9,16H,6-8,10H2,1-5H3. The van der Waals surface area contributed by atoms with E-state index in [2.05, 4.69) is 47.0 Å². The first kappa shape index (κ1) is 14.8. The molecule has 2 rings (SSSR count). The number of nitrogens with zero attached hydrogens (tertiary/aromatic N) is 4. The summed E-state index contributed by atoms with van der Waals surface area (Å²) in [7, 11) is 3.99. The number of hydrogen-bond donors (Lipinski definition) is 1. The van der Waals surface area contributed by atoms with Gasteiger partial charge in [0.1, 0.15) is 0 Å². The van der Waals surface area contributed by atoms with Gasteiger partial charge in [-0.3, -0.25) is 9.36 Å². The van der Waals surface area contributed by atoms with Gasteiger partial charge in [0.05, 0.1) is 23.6 Å². The molecule has 0 aliphatic rings. The molecule has 0 fully saturated rings. The summed E-state index contributed by atoms with van der Waals surface area (Å²) in [5, 5.41) is 12.4. The minimum Gasteiger partial charge on any atom is -0.319 e. The molecule has 20 heavy (non-hydrogen) atoms. The second kappa shape index (κ2) is 6.22. The number of aryl methyl sites for hydroxylation is 3. The van der Waals surface area contributed by atoms with Crippen molar-refractivity contribution in [2.24, 2.45) is 7.05 Å². The van der Waals surface area contributed by atoms with Crippen LogP contribution in [0.15, 0.2) is 6.07 Å². The Morgan fingerprint density at radius 2 is 2.00 bits per heavy atom. The first-order valence-corrected chi connectivity index (χ1v) is 7.26. The molecule has 0 atom stereocenters. The monoisotopic (exact) mass is 275 g/mol. The van der Waals surface area contributed by atoms with Crippen molar-refractivity contribution in [3.63, 3.8) is 0 Å². The summed E-state index contributed by atoms with van der Waals surface area (Å²) >= 11 is 0. The van der Waals surface area contributed by atoms with E-state index in [1.807, 2.05) is 18.8 Å². The van der Waals surface area contributed by atoms with Crippen LogP contribution in [-0.2, 0) is 26.4 Å². The van der Waals surface area contributed by atoms with Gasteiger partial charge in [-0.15, -0.1) is 0 Å². The molecule has 5 nitrogen and oxygen atoms in total. The minimum atomic E-state index is 0.787. The molecule has 0 aromatic carbocycles. The van der Waals surface area contributed by atoms with Crippen molar-refractivity contribution in [1.29, 1.82) is 0 Å². The molecule has 2 aromatic heterocycles. The molecule has 0 saturated heterocycles. The van der Waals surface area contributed by atoms with E-state index in [4.69, 9.17) is 0 Å². The molecule has 2 heterocycles. The van der Waals surface area contributed by atoms with Crippen LogP contribution in [0.1, 0.15) is 35.3 Å². The van der Waals surface area contributed by atoms with Crippen LogP contribution >= 0.6 is 0 Å². The topological polar surface area (TPSA) is 47.7 Å². The lowest BCUT2D eigenvalue weighted by atomic mass is 10.1. The number of hydrogen-bond acceptors (Lipinski definition) is 3. The van der Waals surface area contributed by atoms with E-state index in [1.54, 1.807) is 0 Å². The summed E-state index contributed by atoms with van der Waals surface area (Å²) < 4.78 is 4.05. The van der Waals surface area contributed by atoms with Gasteiger partial charge in [0.2, 0.25) is 0 Å². The van der Waals surface area contributed by atoms with Crippen LogP contribution < -0.4 is 5.32 Å². The van der Waals surface area contributed by atoms with Gasteiger partial charge in [0.25, 0.3) is 0 Å². The van der Waals surface area contributed by atoms with E-state index < -0.39 is 0 Å². The van der Waals surface area contributed by atoms with Gasteiger partial charge in [-0.05, 0) is 51.9 Å². The molecular weight excluding hydrogens is 250 g/mol. The van der Waals surface area contributed by atoms with Gasteiger partial charge in [0.15, 0.2) is 0 Å². The molecule has 0 amide bonds. The predicted molar refractivity (Wildman–Crippen MR) is 81.0 cm³/mol. The predicted octanol–water partition coefficient (Wildman–Crippen LogP) is 1.61. The third-order valence-electron chi connectivity index (χ3n) is 3.86. The van der Waals surface area contributed by atoms with Gasteiger partial charge in [-0.2, -0.15) is 10.2 Å². The highest BCUT2D eigenvalue weighted by Gasteiger charge is 2.13. The Morgan fingerprint density at radius 3 is 2.60 bits per heavy atom. The fourth-order valence-electron chi connectivity index (χ4n) is 2.55. The van der Waals surface area contributed by atoms with Gasteiger partial charge in [-0.25, -0.2) is 0 Å². The van der Waals surface area contributed by atoms with E-state index in [-0.39, 0.29) is 0 Å². The highest BCUT2D eigenvalue weighted by atomic mass is 15.3. The zero-order valence-electron chi connectivity index (χ0n) is 13.2. The summed E-state index contributed by atoms with van der Waals surface area (Å²) in [6, 6.07) is 2.17. The van der Waals surface area contributed by atoms with E-state index in [9.17, 15) is 0 Å². The smallest absolute Gasteiger partial charge is 0.0831 e. The van der Waals surface area contributed by atoms with Crippen molar-refractivity contribution >= 4 is 0 Å². The highest BCUT2D eigenvalue weighted by molar-refractivity contribution is 5.25. The summed E-state index contributed by atoms with van der Waals surface area (Å²) in [6.07, 6.45) is 2.00. The van der Waals surface area contributed by atoms with Crippen LogP contribution in [0.4, 0.5) is 0 Å². The van der Waals surface area contributed by atoms with Crippen LogP contribution in [0.5, 0.6) is 0 Å². The average molecular weight is 275 g/mol. The van der Waals surface area contributed by atoms with Gasteiger partial charge in [-0.1, -0.05) is 6.92 Å². The Hall–Kier alpha value is -1.62. The maximum atomic E-state index is 4.68. The fraction of sp³-hybridized carbons (Fsp3) is 0.600. The van der Waals surface area contributed by atoms with Gasteiger partial charge in [0, 0.05) is 12.7 Å².